The van der Waals surface area contributed by atoms with Gasteiger partial charge >= 0.3 is 0 Å². The molecule has 1 aliphatic carbocycles. The molecule has 0 saturated heterocycles. The van der Waals surface area contributed by atoms with E-state index in [2.05, 4.69) is 33.4 Å². The summed E-state index contributed by atoms with van der Waals surface area (Å²) in [7, 11) is 0. The Morgan fingerprint density at radius 3 is 3.06 bits per heavy atom. The fourth-order valence-electron chi connectivity index (χ4n) is 2.34. The third-order valence-electron chi connectivity index (χ3n) is 3.26. The quantitative estimate of drug-likeness (QED) is 0.785. The smallest absolute Gasteiger partial charge is 0.130 e. The second-order valence-corrected chi connectivity index (χ2v) is 4.68. The molecule has 0 amide bonds. The molecule has 1 aromatic heterocycles. The summed E-state index contributed by atoms with van der Waals surface area (Å²) in [5.41, 5.74) is 9.10. The normalized spacial score (nSPS) is 21.9. The van der Waals surface area contributed by atoms with Crippen molar-refractivity contribution in [3.05, 3.63) is 23.3 Å². The van der Waals surface area contributed by atoms with Crippen molar-refractivity contribution < 1.29 is 0 Å². The van der Waals surface area contributed by atoms with Crippen molar-refractivity contribution in [3.63, 3.8) is 0 Å². The molecule has 1 unspecified atom stereocenters. The molecule has 0 aromatic carbocycles. The number of imidazole rings is 1. The number of amidine groups is 1. The van der Waals surface area contributed by atoms with Gasteiger partial charge in [-0.1, -0.05) is 0 Å². The minimum Gasteiger partial charge on any atom is -0.383 e. The fraction of sp³-hybridized carbons (Fsp3) is 0.417. The van der Waals surface area contributed by atoms with Crippen LogP contribution >= 0.6 is 0 Å². The Morgan fingerprint density at radius 1 is 1.47 bits per heavy atom. The first-order valence-electron chi connectivity index (χ1n) is 5.79. The molecule has 88 valence electrons. The number of hydrogen-bond donors (Lipinski definition) is 1. The molecule has 5 heteroatoms. The monoisotopic (exact) mass is 229 g/mol. The van der Waals surface area contributed by atoms with Crippen LogP contribution in [0.1, 0.15) is 31.3 Å². The van der Waals surface area contributed by atoms with Gasteiger partial charge in [0.25, 0.3) is 0 Å². The second-order valence-electron chi connectivity index (χ2n) is 4.68. The minimum atomic E-state index is 0.106. The van der Waals surface area contributed by atoms with Crippen molar-refractivity contribution in [1.29, 1.82) is 0 Å². The van der Waals surface area contributed by atoms with E-state index >= 15 is 0 Å². The lowest BCUT2D eigenvalue weighted by Gasteiger charge is -2.24. The summed E-state index contributed by atoms with van der Waals surface area (Å²) >= 11 is 0. The summed E-state index contributed by atoms with van der Waals surface area (Å²) < 4.78 is 2.19. The Kier molecular flexibility index (Phi) is 2.14. The lowest BCUT2D eigenvalue weighted by Crippen LogP contribution is -2.31. The Labute approximate surface area is 99.8 Å². The zero-order chi connectivity index (χ0) is 12.0. The van der Waals surface area contributed by atoms with E-state index in [1.165, 1.54) is 5.69 Å². The van der Waals surface area contributed by atoms with Gasteiger partial charge in [-0.3, -0.25) is 4.99 Å². The van der Waals surface area contributed by atoms with E-state index in [1.807, 2.05) is 12.4 Å². The van der Waals surface area contributed by atoms with Gasteiger partial charge in [0.2, 0.25) is 0 Å². The van der Waals surface area contributed by atoms with Crippen molar-refractivity contribution in [1.82, 2.24) is 9.55 Å². The first-order valence-corrected chi connectivity index (χ1v) is 5.79. The SMILES string of the molecule is CC(C)n1cnc2c1CC1N=CN=C(N)C1=C2. The molecule has 2 aliphatic rings. The molecule has 3 rings (SSSR count). The summed E-state index contributed by atoms with van der Waals surface area (Å²) in [4.78, 5) is 12.8. The van der Waals surface area contributed by atoms with E-state index in [1.54, 1.807) is 6.34 Å². The van der Waals surface area contributed by atoms with E-state index in [-0.39, 0.29) is 6.04 Å². The summed E-state index contributed by atoms with van der Waals surface area (Å²) in [5, 5.41) is 0. The van der Waals surface area contributed by atoms with E-state index < -0.39 is 0 Å². The van der Waals surface area contributed by atoms with Crippen LogP contribution < -0.4 is 5.73 Å². The van der Waals surface area contributed by atoms with Gasteiger partial charge in [-0.25, -0.2) is 9.98 Å². The lowest BCUT2D eigenvalue weighted by molar-refractivity contribution is 0.562. The fourth-order valence-corrected chi connectivity index (χ4v) is 2.34. The van der Waals surface area contributed by atoms with Gasteiger partial charge in [0, 0.05) is 23.7 Å². The number of rotatable bonds is 1. The predicted molar refractivity (Wildman–Crippen MR) is 68.2 cm³/mol. The first kappa shape index (κ1) is 10.3. The van der Waals surface area contributed by atoms with Gasteiger partial charge < -0.3 is 10.3 Å². The van der Waals surface area contributed by atoms with Gasteiger partial charge in [-0.2, -0.15) is 0 Å². The average Bonchev–Trinajstić information content (AvgIpc) is 2.70. The molecule has 2 heterocycles. The van der Waals surface area contributed by atoms with Crippen LogP contribution in [0.5, 0.6) is 0 Å². The number of nitrogens with two attached hydrogens (primary N) is 1. The molecular weight excluding hydrogens is 214 g/mol. The van der Waals surface area contributed by atoms with E-state index in [9.17, 15) is 0 Å². The van der Waals surface area contributed by atoms with Gasteiger partial charge in [0.1, 0.15) is 12.2 Å². The largest absolute Gasteiger partial charge is 0.383 e. The molecule has 1 aliphatic heterocycles. The van der Waals surface area contributed by atoms with Gasteiger partial charge in [0.05, 0.1) is 18.1 Å². The maximum atomic E-state index is 5.87. The third-order valence-corrected chi connectivity index (χ3v) is 3.26. The topological polar surface area (TPSA) is 68.6 Å². The van der Waals surface area contributed by atoms with Crippen LogP contribution in [0.2, 0.25) is 0 Å². The van der Waals surface area contributed by atoms with Gasteiger partial charge in [0.15, 0.2) is 0 Å². The summed E-state index contributed by atoms with van der Waals surface area (Å²) in [6, 6.07) is 0.522. The summed E-state index contributed by atoms with van der Waals surface area (Å²) in [6.45, 7) is 4.31. The Bertz CT molecular complexity index is 547. The maximum absolute atomic E-state index is 5.87. The molecule has 0 radical (unpaired) electrons. The molecule has 5 nitrogen and oxygen atoms in total. The number of nitrogens with zero attached hydrogens (tertiary/aromatic N) is 4. The number of fused-ring (bicyclic) bond motifs is 2. The molecule has 0 bridgehead atoms. The van der Waals surface area contributed by atoms with E-state index in [0.717, 1.165) is 17.7 Å². The lowest BCUT2D eigenvalue weighted by atomic mass is 9.93. The predicted octanol–water partition coefficient (Wildman–Crippen LogP) is 1.17. The summed E-state index contributed by atoms with van der Waals surface area (Å²) in [6.07, 6.45) is 6.31. The highest BCUT2D eigenvalue weighted by Gasteiger charge is 2.28. The average molecular weight is 229 g/mol. The van der Waals surface area contributed by atoms with Crippen molar-refractivity contribution in [2.45, 2.75) is 32.4 Å². The Hall–Kier alpha value is -1.91. The standard InChI is InChI=1S/C12H15N5/c1-7(2)17-6-16-10-3-8-9(4-11(10)17)14-5-15-12(8)13/h3,5-7,9H,4H2,1-2H3,(H2,13,14,15). The van der Waals surface area contributed by atoms with Gasteiger partial charge in [-0.05, 0) is 19.9 Å². The van der Waals surface area contributed by atoms with Crippen molar-refractivity contribution in [2.24, 2.45) is 15.7 Å². The highest BCUT2D eigenvalue weighted by molar-refractivity contribution is 6.07. The molecule has 2 N–H and O–H groups in total. The van der Waals surface area contributed by atoms with Crippen LogP contribution in [0.25, 0.3) is 6.08 Å². The summed E-state index contributed by atoms with van der Waals surface area (Å²) in [5.74, 6) is 0.565. The van der Waals surface area contributed by atoms with Crippen molar-refractivity contribution in [2.75, 3.05) is 0 Å². The van der Waals surface area contributed by atoms with E-state index in [0.29, 0.717) is 11.9 Å². The van der Waals surface area contributed by atoms with Gasteiger partial charge in [-0.15, -0.1) is 0 Å². The Morgan fingerprint density at radius 2 is 2.29 bits per heavy atom. The molecule has 1 aromatic rings. The van der Waals surface area contributed by atoms with Crippen LogP contribution in [0.15, 0.2) is 21.9 Å². The van der Waals surface area contributed by atoms with Crippen LogP contribution in [-0.4, -0.2) is 27.8 Å². The third kappa shape index (κ3) is 1.50. The molecule has 1 atom stereocenters. The zero-order valence-electron chi connectivity index (χ0n) is 9.96. The molecule has 0 saturated carbocycles. The zero-order valence-corrected chi connectivity index (χ0v) is 9.96. The number of hydrogen-bond acceptors (Lipinski definition) is 4. The van der Waals surface area contributed by atoms with E-state index in [4.69, 9.17) is 5.73 Å². The van der Waals surface area contributed by atoms with Crippen LogP contribution in [0, 0.1) is 0 Å². The molecule has 0 spiro atoms. The highest BCUT2D eigenvalue weighted by atomic mass is 15.1. The Balaban J connectivity index is 2.10. The second kappa shape index (κ2) is 3.55. The van der Waals surface area contributed by atoms with Crippen LogP contribution in [0.4, 0.5) is 0 Å². The maximum Gasteiger partial charge on any atom is 0.130 e. The number of aliphatic imine (C=N–C) groups is 2. The molecule has 17 heavy (non-hydrogen) atoms. The molecular formula is C12H15N5. The van der Waals surface area contributed by atoms with Crippen molar-refractivity contribution in [3.8, 4) is 0 Å². The number of aromatic nitrogens is 2. The highest BCUT2D eigenvalue weighted by Crippen LogP contribution is 2.28. The first-order chi connectivity index (χ1) is 8.16. The van der Waals surface area contributed by atoms with Crippen LogP contribution in [-0.2, 0) is 6.42 Å². The van der Waals surface area contributed by atoms with Crippen molar-refractivity contribution >= 4 is 18.3 Å². The van der Waals surface area contributed by atoms with Crippen LogP contribution in [0.3, 0.4) is 0 Å². The molecule has 0 fully saturated rings. The minimum absolute atomic E-state index is 0.106.